The Balaban J connectivity index is 0.000000587. The second kappa shape index (κ2) is 14.5. The van der Waals surface area contributed by atoms with E-state index in [9.17, 15) is 22.8 Å². The number of alkyl halides is 3. The number of benzene rings is 3. The highest BCUT2D eigenvalue weighted by Gasteiger charge is 2.38. The summed E-state index contributed by atoms with van der Waals surface area (Å²) in [6.07, 6.45) is -2.36. The van der Waals surface area contributed by atoms with Crippen molar-refractivity contribution in [2.45, 2.75) is 25.1 Å². The summed E-state index contributed by atoms with van der Waals surface area (Å²) >= 11 is 3.58. The number of carboxylic acids is 1. The summed E-state index contributed by atoms with van der Waals surface area (Å²) in [7, 11) is 0. The van der Waals surface area contributed by atoms with Crippen LogP contribution in [0.5, 0.6) is 0 Å². The number of hydrogen-bond donors (Lipinski definition) is 4. The first-order valence-corrected chi connectivity index (χ1v) is 13.3. The second-order valence-corrected chi connectivity index (χ2v) is 9.67. The summed E-state index contributed by atoms with van der Waals surface area (Å²) in [5.41, 5.74) is 9.27. The number of aliphatic carboxylic acids is 1. The van der Waals surface area contributed by atoms with Gasteiger partial charge in [-0.15, -0.1) is 0 Å². The highest BCUT2D eigenvalue weighted by molar-refractivity contribution is 9.10. The molecule has 0 bridgehead atoms. The summed E-state index contributed by atoms with van der Waals surface area (Å²) < 4.78 is 32.5. The number of aromatic nitrogens is 1. The van der Waals surface area contributed by atoms with Gasteiger partial charge in [0.2, 0.25) is 5.91 Å². The van der Waals surface area contributed by atoms with Gasteiger partial charge in [-0.1, -0.05) is 70.5 Å². The van der Waals surface area contributed by atoms with E-state index in [0.29, 0.717) is 18.7 Å². The van der Waals surface area contributed by atoms with Crippen molar-refractivity contribution >= 4 is 50.3 Å². The number of carbonyl (C=O) groups excluding carboxylic acids is 2. The van der Waals surface area contributed by atoms with Crippen LogP contribution < -0.4 is 11.1 Å². The highest BCUT2D eigenvalue weighted by Crippen LogP contribution is 2.31. The maximum Gasteiger partial charge on any atom is 0.490 e. The third-order valence-electron chi connectivity index (χ3n) is 6.02. The number of nitrogens with zero attached hydrogens (tertiary/aromatic N) is 1. The van der Waals surface area contributed by atoms with Crippen molar-refractivity contribution in [3.8, 4) is 0 Å². The fourth-order valence-electron chi connectivity index (χ4n) is 4.12. The zero-order valence-corrected chi connectivity index (χ0v) is 23.3. The van der Waals surface area contributed by atoms with Gasteiger partial charge < -0.3 is 26.0 Å². The fourth-order valence-corrected chi connectivity index (χ4v) is 4.63. The molecule has 0 aliphatic heterocycles. The molecular formula is C29H28BrF3N4O4. The number of aromatic amines is 1. The predicted molar refractivity (Wildman–Crippen MR) is 153 cm³/mol. The molecule has 0 saturated heterocycles. The average Bonchev–Trinajstić information content (AvgIpc) is 3.35. The van der Waals surface area contributed by atoms with Crippen molar-refractivity contribution in [2.24, 2.45) is 5.73 Å². The number of carbonyl (C=O) groups is 3. The summed E-state index contributed by atoms with van der Waals surface area (Å²) in [6, 6.07) is 24.0. The number of fused-ring (bicyclic) bond motifs is 1. The molecule has 12 heteroatoms. The highest BCUT2D eigenvalue weighted by atomic mass is 79.9. The van der Waals surface area contributed by atoms with E-state index in [1.54, 1.807) is 4.90 Å². The van der Waals surface area contributed by atoms with E-state index in [4.69, 9.17) is 15.6 Å². The average molecular weight is 633 g/mol. The molecule has 1 atom stereocenters. The third kappa shape index (κ3) is 8.66. The lowest BCUT2D eigenvalue weighted by atomic mass is 10.0. The molecule has 5 N–H and O–H groups in total. The van der Waals surface area contributed by atoms with Gasteiger partial charge in [-0.2, -0.15) is 13.2 Å². The lowest BCUT2D eigenvalue weighted by Crippen LogP contribution is -2.43. The van der Waals surface area contributed by atoms with Gasteiger partial charge in [0, 0.05) is 46.8 Å². The first kappa shape index (κ1) is 31.4. The number of nitrogens with two attached hydrogens (primary N) is 1. The van der Waals surface area contributed by atoms with E-state index in [-0.39, 0.29) is 24.8 Å². The molecule has 41 heavy (non-hydrogen) atoms. The molecular weight excluding hydrogens is 605 g/mol. The first-order chi connectivity index (χ1) is 19.5. The molecule has 3 aromatic carbocycles. The number of nitrogens with one attached hydrogen (secondary N) is 2. The van der Waals surface area contributed by atoms with Crippen molar-refractivity contribution in [1.82, 2.24) is 9.88 Å². The van der Waals surface area contributed by atoms with Gasteiger partial charge in [-0.05, 0) is 41.8 Å². The van der Waals surface area contributed by atoms with Crippen molar-refractivity contribution in [3.63, 3.8) is 0 Å². The number of para-hydroxylation sites is 2. The largest absolute Gasteiger partial charge is 0.490 e. The van der Waals surface area contributed by atoms with E-state index < -0.39 is 18.2 Å². The molecule has 4 aromatic rings. The van der Waals surface area contributed by atoms with Crippen LogP contribution in [0.1, 0.15) is 23.6 Å². The fraction of sp³-hybridized carbons (Fsp3) is 0.207. The quantitative estimate of drug-likeness (QED) is 0.189. The monoisotopic (exact) mass is 632 g/mol. The summed E-state index contributed by atoms with van der Waals surface area (Å²) in [6.45, 7) is 0.584. The number of H-pyrrole nitrogens is 1. The van der Waals surface area contributed by atoms with Crippen molar-refractivity contribution in [2.75, 3.05) is 18.4 Å². The summed E-state index contributed by atoms with van der Waals surface area (Å²) in [5.74, 6) is -3.19. The Kier molecular flexibility index (Phi) is 11.1. The van der Waals surface area contributed by atoms with Crippen LogP contribution in [0, 0.1) is 0 Å². The number of hydrogen-bond acceptors (Lipinski definition) is 4. The van der Waals surface area contributed by atoms with E-state index in [1.165, 1.54) is 0 Å². The van der Waals surface area contributed by atoms with Crippen LogP contribution in [0.4, 0.5) is 18.9 Å². The Hall–Kier alpha value is -4.16. The molecule has 0 spiro atoms. The lowest BCUT2D eigenvalue weighted by molar-refractivity contribution is -0.192. The zero-order valence-electron chi connectivity index (χ0n) is 21.7. The smallest absolute Gasteiger partial charge is 0.475 e. The van der Waals surface area contributed by atoms with Gasteiger partial charge >= 0.3 is 12.1 Å². The third-order valence-corrected chi connectivity index (χ3v) is 6.74. The maximum absolute atomic E-state index is 13.6. The van der Waals surface area contributed by atoms with Crippen LogP contribution in [0.2, 0.25) is 0 Å². The molecule has 2 amide bonds. The van der Waals surface area contributed by atoms with Crippen molar-refractivity contribution in [3.05, 3.63) is 101 Å². The summed E-state index contributed by atoms with van der Waals surface area (Å²) in [4.78, 5) is 40.7. The minimum atomic E-state index is -5.08. The van der Waals surface area contributed by atoms with E-state index in [0.717, 1.165) is 26.5 Å². The van der Waals surface area contributed by atoms with E-state index in [2.05, 4.69) is 32.3 Å². The summed E-state index contributed by atoms with van der Waals surface area (Å²) in [5, 5.41) is 11.2. The van der Waals surface area contributed by atoms with Gasteiger partial charge in [0.15, 0.2) is 0 Å². The molecule has 0 aliphatic rings. The van der Waals surface area contributed by atoms with Crippen LogP contribution in [-0.4, -0.2) is 52.0 Å². The van der Waals surface area contributed by atoms with Gasteiger partial charge in [-0.3, -0.25) is 9.59 Å². The zero-order chi connectivity index (χ0) is 30.0. The Bertz CT molecular complexity index is 1480. The molecule has 0 saturated carbocycles. The Morgan fingerprint density at radius 3 is 2.22 bits per heavy atom. The molecule has 1 aromatic heterocycles. The number of anilines is 1. The molecule has 8 nitrogen and oxygen atoms in total. The van der Waals surface area contributed by atoms with Crippen LogP contribution in [0.3, 0.4) is 0 Å². The first-order valence-electron chi connectivity index (χ1n) is 12.5. The van der Waals surface area contributed by atoms with Crippen LogP contribution in [0.25, 0.3) is 10.9 Å². The van der Waals surface area contributed by atoms with E-state index >= 15 is 0 Å². The molecule has 0 aliphatic carbocycles. The number of carboxylic acid groups (broad SMARTS) is 1. The maximum atomic E-state index is 13.6. The molecule has 216 valence electrons. The van der Waals surface area contributed by atoms with Gasteiger partial charge in [0.25, 0.3) is 5.91 Å². The van der Waals surface area contributed by atoms with Crippen molar-refractivity contribution in [1.29, 1.82) is 0 Å². The molecule has 1 unspecified atom stereocenters. The number of halogens is 4. The normalized spacial score (nSPS) is 11.7. The van der Waals surface area contributed by atoms with Gasteiger partial charge in [-0.25, -0.2) is 4.79 Å². The molecule has 0 fully saturated rings. The van der Waals surface area contributed by atoms with Gasteiger partial charge in [0.05, 0.1) is 0 Å². The SMILES string of the molecule is NCCC(=O)N(CCc1c[nH]c2ccccc12)C(C(=O)Nc1ccccc1)c1ccccc1Br.O=C(O)C(F)(F)F. The van der Waals surface area contributed by atoms with Crippen LogP contribution in [0.15, 0.2) is 89.5 Å². The van der Waals surface area contributed by atoms with Crippen molar-refractivity contribution < 1.29 is 32.7 Å². The molecule has 1 heterocycles. The molecule has 0 radical (unpaired) electrons. The van der Waals surface area contributed by atoms with E-state index in [1.807, 2.05) is 79.0 Å². The lowest BCUT2D eigenvalue weighted by Gasteiger charge is -2.32. The number of amides is 2. The predicted octanol–water partition coefficient (Wildman–Crippen LogP) is 5.66. The Morgan fingerprint density at radius 1 is 0.976 bits per heavy atom. The van der Waals surface area contributed by atoms with Crippen LogP contribution >= 0.6 is 15.9 Å². The standard InChI is InChI=1S/C27H27BrN4O2.C2HF3O2/c28-23-12-6-4-11-22(23)26(27(34)31-20-8-2-1-3-9-20)32(25(33)14-16-29)17-15-19-18-30-24-13-7-5-10-21(19)24;3-2(4,5)1(6)7/h1-13,18,26,30H,14-17,29H2,(H,31,34);(H,6,7). The number of rotatable bonds is 9. The second-order valence-electron chi connectivity index (χ2n) is 8.82. The Morgan fingerprint density at radius 2 is 1.59 bits per heavy atom. The minimum absolute atomic E-state index is 0.160. The minimum Gasteiger partial charge on any atom is -0.475 e. The Labute approximate surface area is 242 Å². The van der Waals surface area contributed by atoms with Gasteiger partial charge in [0.1, 0.15) is 6.04 Å². The molecule has 4 rings (SSSR count). The topological polar surface area (TPSA) is 129 Å². The van der Waals surface area contributed by atoms with Crippen LogP contribution in [-0.2, 0) is 20.8 Å².